The maximum Gasteiger partial charge on any atom is 0.207 e. The maximum atomic E-state index is 10.8. The highest BCUT2D eigenvalue weighted by atomic mass is 16.1. The fourth-order valence-electron chi connectivity index (χ4n) is 1.42. The molecule has 1 rings (SSSR count). The topological polar surface area (TPSA) is 46.2 Å². The Morgan fingerprint density at radius 3 is 2.64 bits per heavy atom. The van der Waals surface area contributed by atoms with Gasteiger partial charge in [0.15, 0.2) is 0 Å². The third-order valence-electron chi connectivity index (χ3n) is 2.15. The number of nitrogens with one attached hydrogen (secondary N) is 1. The van der Waals surface area contributed by atoms with E-state index in [9.17, 15) is 9.59 Å². The van der Waals surface area contributed by atoms with Crippen molar-refractivity contribution in [3.05, 3.63) is 0 Å². The highest BCUT2D eigenvalue weighted by Crippen LogP contribution is 2.20. The average molecular weight is 155 g/mol. The largest absolute Gasteiger partial charge is 0.358 e. The molecule has 3 nitrogen and oxygen atoms in total. The number of carbonyl (C=O) groups is 2. The van der Waals surface area contributed by atoms with Gasteiger partial charge >= 0.3 is 0 Å². The number of Topliss-reactive ketones (excluding diaryl/α,β-unsaturated/α-hetero) is 1. The lowest BCUT2D eigenvalue weighted by Crippen LogP contribution is -2.25. The van der Waals surface area contributed by atoms with Gasteiger partial charge in [0.05, 0.1) is 0 Å². The third kappa shape index (κ3) is 2.70. The first-order valence-corrected chi connectivity index (χ1v) is 4.01. The molecule has 0 bridgehead atoms. The van der Waals surface area contributed by atoms with Crippen molar-refractivity contribution < 1.29 is 9.59 Å². The summed E-state index contributed by atoms with van der Waals surface area (Å²) in [6.45, 7) is 0.733. The fourth-order valence-corrected chi connectivity index (χ4v) is 1.42. The molecule has 0 aliphatic heterocycles. The second-order valence-corrected chi connectivity index (χ2v) is 3.01. The lowest BCUT2D eigenvalue weighted by Gasteiger charge is -2.19. The van der Waals surface area contributed by atoms with Gasteiger partial charge in [-0.05, 0) is 18.8 Å². The van der Waals surface area contributed by atoms with Crippen LogP contribution in [0.15, 0.2) is 0 Å². The van der Waals surface area contributed by atoms with Gasteiger partial charge in [0.1, 0.15) is 5.78 Å². The second-order valence-electron chi connectivity index (χ2n) is 3.01. The zero-order chi connectivity index (χ0) is 8.10. The summed E-state index contributed by atoms with van der Waals surface area (Å²) in [6, 6.07) is 0. The minimum Gasteiger partial charge on any atom is -0.358 e. The van der Waals surface area contributed by atoms with E-state index in [1.54, 1.807) is 0 Å². The van der Waals surface area contributed by atoms with Crippen molar-refractivity contribution in [1.29, 1.82) is 0 Å². The minimum atomic E-state index is 0.368. The molecule has 0 saturated heterocycles. The summed E-state index contributed by atoms with van der Waals surface area (Å²) in [4.78, 5) is 20.7. The van der Waals surface area contributed by atoms with E-state index < -0.39 is 0 Å². The van der Waals surface area contributed by atoms with Gasteiger partial charge in [0.25, 0.3) is 0 Å². The highest BCUT2D eigenvalue weighted by molar-refractivity contribution is 5.79. The quantitative estimate of drug-likeness (QED) is 0.603. The first-order chi connectivity index (χ1) is 5.33. The van der Waals surface area contributed by atoms with Gasteiger partial charge in [0.2, 0.25) is 6.41 Å². The molecular weight excluding hydrogens is 142 g/mol. The molecule has 0 aromatic carbocycles. The van der Waals surface area contributed by atoms with Crippen LogP contribution < -0.4 is 5.32 Å². The van der Waals surface area contributed by atoms with Gasteiger partial charge in [-0.1, -0.05) is 0 Å². The summed E-state index contributed by atoms with van der Waals surface area (Å²) < 4.78 is 0. The van der Waals surface area contributed by atoms with Gasteiger partial charge in [-0.2, -0.15) is 0 Å². The van der Waals surface area contributed by atoms with E-state index in [4.69, 9.17) is 0 Å². The van der Waals surface area contributed by atoms with E-state index in [0.717, 1.165) is 25.8 Å². The maximum absolute atomic E-state index is 10.8. The first kappa shape index (κ1) is 8.24. The Morgan fingerprint density at radius 1 is 1.45 bits per heavy atom. The number of hydrogen-bond acceptors (Lipinski definition) is 2. The number of hydrogen-bond donors (Lipinski definition) is 1. The first-order valence-electron chi connectivity index (χ1n) is 4.01. The van der Waals surface area contributed by atoms with E-state index in [2.05, 4.69) is 5.32 Å². The summed E-state index contributed by atoms with van der Waals surface area (Å²) in [5.74, 6) is 0.894. The lowest BCUT2D eigenvalue weighted by atomic mass is 9.88. The monoisotopic (exact) mass is 155 g/mol. The Bertz CT molecular complexity index is 143. The summed E-state index contributed by atoms with van der Waals surface area (Å²) >= 11 is 0. The van der Waals surface area contributed by atoms with Gasteiger partial charge < -0.3 is 5.32 Å². The van der Waals surface area contributed by atoms with Crippen LogP contribution in [0.4, 0.5) is 0 Å². The molecule has 0 atom stereocenters. The van der Waals surface area contributed by atoms with E-state index in [1.807, 2.05) is 0 Å². The number of amides is 1. The molecule has 1 aliphatic carbocycles. The van der Waals surface area contributed by atoms with Crippen LogP contribution in [0.5, 0.6) is 0 Å². The molecule has 0 unspecified atom stereocenters. The molecular formula is C8H13NO2. The molecule has 1 aliphatic rings. The van der Waals surface area contributed by atoms with E-state index in [0.29, 0.717) is 24.5 Å². The molecule has 1 saturated carbocycles. The second kappa shape index (κ2) is 4.11. The molecule has 0 radical (unpaired) electrons. The molecule has 62 valence electrons. The molecule has 1 fully saturated rings. The summed E-state index contributed by atoms with van der Waals surface area (Å²) in [5.41, 5.74) is 0. The van der Waals surface area contributed by atoms with Crippen LogP contribution >= 0.6 is 0 Å². The zero-order valence-corrected chi connectivity index (χ0v) is 6.51. The predicted octanol–water partition coefficient (Wildman–Crippen LogP) is 0.492. The Kier molecular flexibility index (Phi) is 3.08. The van der Waals surface area contributed by atoms with Gasteiger partial charge in [-0.3, -0.25) is 9.59 Å². The standard InChI is InChI=1S/C8H13NO2/c10-6-9-5-7-1-3-8(11)4-2-7/h6-7H,1-5H2,(H,9,10). The summed E-state index contributed by atoms with van der Waals surface area (Å²) in [7, 11) is 0. The van der Waals surface area contributed by atoms with Crippen LogP contribution in [-0.2, 0) is 9.59 Å². The smallest absolute Gasteiger partial charge is 0.207 e. The normalized spacial score (nSPS) is 19.8. The molecule has 0 aromatic rings. The molecule has 0 spiro atoms. The van der Waals surface area contributed by atoms with Crippen molar-refractivity contribution in [3.8, 4) is 0 Å². The Balaban J connectivity index is 2.16. The van der Waals surface area contributed by atoms with Crippen LogP contribution in [0.3, 0.4) is 0 Å². The van der Waals surface area contributed by atoms with Crippen molar-refractivity contribution in [3.63, 3.8) is 0 Å². The van der Waals surface area contributed by atoms with E-state index in [1.165, 1.54) is 0 Å². The van der Waals surface area contributed by atoms with Crippen LogP contribution in [-0.4, -0.2) is 18.7 Å². The van der Waals surface area contributed by atoms with Crippen molar-refractivity contribution >= 4 is 12.2 Å². The van der Waals surface area contributed by atoms with Crippen LogP contribution in [0.1, 0.15) is 25.7 Å². The molecule has 11 heavy (non-hydrogen) atoms. The van der Waals surface area contributed by atoms with Crippen LogP contribution in [0.25, 0.3) is 0 Å². The van der Waals surface area contributed by atoms with Crippen molar-refractivity contribution in [1.82, 2.24) is 5.32 Å². The predicted molar refractivity (Wildman–Crippen MR) is 41.0 cm³/mol. The van der Waals surface area contributed by atoms with Gasteiger partial charge in [0, 0.05) is 19.4 Å². The zero-order valence-electron chi connectivity index (χ0n) is 6.51. The van der Waals surface area contributed by atoms with Gasteiger partial charge in [-0.15, -0.1) is 0 Å². The van der Waals surface area contributed by atoms with Crippen LogP contribution in [0.2, 0.25) is 0 Å². The highest BCUT2D eigenvalue weighted by Gasteiger charge is 2.17. The Morgan fingerprint density at radius 2 is 2.09 bits per heavy atom. The molecule has 1 N–H and O–H groups in total. The fraction of sp³-hybridized carbons (Fsp3) is 0.750. The van der Waals surface area contributed by atoms with Crippen molar-refractivity contribution in [2.24, 2.45) is 5.92 Å². The van der Waals surface area contributed by atoms with Gasteiger partial charge in [-0.25, -0.2) is 0 Å². The SMILES string of the molecule is O=CNCC1CCC(=O)CC1. The van der Waals surface area contributed by atoms with Crippen molar-refractivity contribution in [2.75, 3.05) is 6.54 Å². The number of carbonyl (C=O) groups excluding carboxylic acids is 2. The van der Waals surface area contributed by atoms with E-state index >= 15 is 0 Å². The minimum absolute atomic E-state index is 0.368. The average Bonchev–Trinajstić information content (AvgIpc) is 2.04. The third-order valence-corrected chi connectivity index (χ3v) is 2.15. The molecule has 0 heterocycles. The number of rotatable bonds is 3. The van der Waals surface area contributed by atoms with E-state index in [-0.39, 0.29) is 0 Å². The summed E-state index contributed by atoms with van der Waals surface area (Å²) in [5, 5.41) is 2.64. The van der Waals surface area contributed by atoms with Crippen molar-refractivity contribution in [2.45, 2.75) is 25.7 Å². The molecule has 1 amide bonds. The lowest BCUT2D eigenvalue weighted by molar-refractivity contribution is -0.120. The van der Waals surface area contributed by atoms with Crippen LogP contribution in [0, 0.1) is 5.92 Å². The number of ketones is 1. The summed E-state index contributed by atoms with van der Waals surface area (Å²) in [6.07, 6.45) is 4.01. The Hall–Kier alpha value is -0.860. The molecule has 3 heteroatoms. The Labute approximate surface area is 66.2 Å². The molecule has 0 aromatic heterocycles.